The number of hydrogen-bond donors (Lipinski definition) is 1. The van der Waals surface area contributed by atoms with Crippen LogP contribution >= 0.6 is 44.8 Å². The molecule has 0 rings (SSSR count). The van der Waals surface area contributed by atoms with Crippen LogP contribution in [0.4, 0.5) is 0 Å². The fourth-order valence-corrected chi connectivity index (χ4v) is 1.39. The van der Waals surface area contributed by atoms with Crippen LogP contribution in [-0.4, -0.2) is 19.4 Å². The number of nitrogens with one attached hydrogen (secondary N) is 1. The van der Waals surface area contributed by atoms with Crippen molar-refractivity contribution in [3.05, 3.63) is 0 Å². The number of hydrogen-bond acceptors (Lipinski definition) is 1. The molecule has 0 aliphatic rings. The molecule has 0 amide bonds. The molecule has 7 heteroatoms. The van der Waals surface area contributed by atoms with Crippen molar-refractivity contribution in [3.8, 4) is 0 Å². The van der Waals surface area contributed by atoms with Crippen LogP contribution in [0.3, 0.4) is 0 Å². The van der Waals surface area contributed by atoms with E-state index in [1.165, 1.54) is 7.41 Å². The van der Waals surface area contributed by atoms with Gasteiger partial charge in [-0.3, -0.25) is 0 Å². The smallest absolute Gasteiger partial charge is 0.345 e. The van der Waals surface area contributed by atoms with E-state index in [1.807, 2.05) is 0 Å². The molecular formula is CH3BCl4NSi. The van der Waals surface area contributed by atoms with Crippen molar-refractivity contribution in [3.63, 3.8) is 0 Å². The molecule has 0 aromatic heterocycles. The standard InChI is InChI=1S/CH3BCl4NSi/c3-1-2-7-8(4,5)6/h7H,1H2. The van der Waals surface area contributed by atoms with Gasteiger partial charge in [0, 0.05) is 5.78 Å². The summed E-state index contributed by atoms with van der Waals surface area (Å²) in [4.78, 5) is 2.55. The van der Waals surface area contributed by atoms with Crippen LogP contribution in [-0.2, 0) is 0 Å². The van der Waals surface area contributed by atoms with E-state index in [2.05, 4.69) is 4.89 Å². The fourth-order valence-electron chi connectivity index (χ4n) is 0.154. The number of rotatable bonds is 3. The molecule has 0 heterocycles. The second-order valence-electron chi connectivity index (χ2n) is 1.00. The highest BCUT2D eigenvalue weighted by molar-refractivity contribution is 7.64. The molecule has 1 radical (unpaired) electrons. The van der Waals surface area contributed by atoms with E-state index in [-0.39, 0.29) is 0 Å². The highest BCUT2D eigenvalue weighted by atomic mass is 35.8. The van der Waals surface area contributed by atoms with E-state index in [1.54, 1.807) is 0 Å². The Labute approximate surface area is 69.1 Å². The van der Waals surface area contributed by atoms with E-state index >= 15 is 0 Å². The Balaban J connectivity index is 3.11. The Kier molecular flexibility index (Phi) is 5.00. The maximum Gasteiger partial charge on any atom is 0.410 e. The zero-order valence-corrected chi connectivity index (χ0v) is 7.82. The third-order valence-electron chi connectivity index (χ3n) is 0.343. The Morgan fingerprint density at radius 1 is 1.38 bits per heavy atom. The van der Waals surface area contributed by atoms with Gasteiger partial charge < -0.3 is 4.89 Å². The van der Waals surface area contributed by atoms with Gasteiger partial charge in [0.1, 0.15) is 0 Å². The van der Waals surface area contributed by atoms with E-state index in [4.69, 9.17) is 44.8 Å². The van der Waals surface area contributed by atoms with Gasteiger partial charge in [-0.15, -0.1) is 44.8 Å². The first kappa shape index (κ1) is 9.40. The van der Waals surface area contributed by atoms with E-state index in [9.17, 15) is 0 Å². The van der Waals surface area contributed by atoms with Crippen LogP contribution in [0.15, 0.2) is 0 Å². The average Bonchev–Trinajstić information content (AvgIpc) is 1.59. The third-order valence-corrected chi connectivity index (χ3v) is 2.01. The predicted octanol–water partition coefficient (Wildman–Crippen LogP) is 1.54. The second kappa shape index (κ2) is 4.25. The zero-order valence-electron chi connectivity index (χ0n) is 3.80. The van der Waals surface area contributed by atoms with Crippen molar-refractivity contribution < 1.29 is 0 Å². The molecule has 47 valence electrons. The van der Waals surface area contributed by atoms with Gasteiger partial charge in [0.05, 0.1) is 0 Å². The summed E-state index contributed by atoms with van der Waals surface area (Å²) in [7, 11) is 1.51. The minimum Gasteiger partial charge on any atom is -0.345 e. The summed E-state index contributed by atoms with van der Waals surface area (Å²) in [5, 5.41) is 0. The van der Waals surface area contributed by atoms with E-state index < -0.39 is 6.16 Å². The minimum atomic E-state index is -2.65. The second-order valence-corrected chi connectivity index (χ2v) is 9.44. The lowest BCUT2D eigenvalue weighted by molar-refractivity contribution is 1.57. The Hall–Kier alpha value is 1.40. The summed E-state index contributed by atoms with van der Waals surface area (Å²) in [5.41, 5.74) is 0. The molecule has 0 atom stereocenters. The maximum absolute atomic E-state index is 5.38. The third kappa shape index (κ3) is 7.40. The first-order valence-corrected chi connectivity index (χ1v) is 7.35. The lowest BCUT2D eigenvalue weighted by atomic mass is 10.0. The Morgan fingerprint density at radius 2 is 1.88 bits per heavy atom. The fraction of sp³-hybridized carbons (Fsp3) is 1.00. The first-order chi connectivity index (χ1) is 3.56. The number of alkyl halides is 1. The van der Waals surface area contributed by atoms with Gasteiger partial charge in [-0.2, -0.15) is 0 Å². The predicted molar refractivity (Wildman–Crippen MR) is 42.9 cm³/mol. The lowest BCUT2D eigenvalue weighted by Crippen LogP contribution is -2.38. The molecule has 0 aliphatic heterocycles. The average molecular weight is 210 g/mol. The summed E-state index contributed by atoms with van der Waals surface area (Å²) in [6.07, 6.45) is -2.65. The van der Waals surface area contributed by atoms with E-state index in [0.29, 0.717) is 5.78 Å². The summed E-state index contributed by atoms with van der Waals surface area (Å²) in [6.45, 7) is 0. The maximum atomic E-state index is 5.38. The molecule has 0 bridgehead atoms. The van der Waals surface area contributed by atoms with Crippen molar-refractivity contribution >= 4 is 58.4 Å². The summed E-state index contributed by atoms with van der Waals surface area (Å²) in [6, 6.07) is 0. The van der Waals surface area contributed by atoms with Gasteiger partial charge in [-0.1, -0.05) is 0 Å². The molecule has 0 aromatic carbocycles. The van der Waals surface area contributed by atoms with Crippen molar-refractivity contribution in [2.75, 3.05) is 5.78 Å². The molecule has 0 saturated carbocycles. The molecule has 0 unspecified atom stereocenters. The zero-order chi connectivity index (χ0) is 6.62. The lowest BCUT2D eigenvalue weighted by Gasteiger charge is -2.05. The van der Waals surface area contributed by atoms with Crippen LogP contribution in [0.5, 0.6) is 0 Å². The monoisotopic (exact) mass is 208 g/mol. The van der Waals surface area contributed by atoms with Crippen LogP contribution in [0.2, 0.25) is 0 Å². The van der Waals surface area contributed by atoms with Crippen molar-refractivity contribution in [1.82, 2.24) is 4.89 Å². The quantitative estimate of drug-likeness (QED) is 0.423. The molecule has 8 heavy (non-hydrogen) atoms. The van der Waals surface area contributed by atoms with Crippen LogP contribution in [0, 0.1) is 0 Å². The molecule has 0 fully saturated rings. The molecular weight excluding hydrogens is 207 g/mol. The molecule has 1 nitrogen and oxygen atoms in total. The summed E-state index contributed by atoms with van der Waals surface area (Å²) >= 11 is 21.4. The van der Waals surface area contributed by atoms with Crippen LogP contribution in [0.25, 0.3) is 0 Å². The number of halogens is 4. The van der Waals surface area contributed by atoms with Gasteiger partial charge >= 0.3 is 6.16 Å². The van der Waals surface area contributed by atoms with Crippen LogP contribution < -0.4 is 4.89 Å². The SMILES string of the molecule is ClC[B]N[Si](Cl)(Cl)Cl. The van der Waals surface area contributed by atoms with Gasteiger partial charge in [0.2, 0.25) is 7.41 Å². The normalized spacial score (nSPS) is 11.5. The molecule has 0 saturated heterocycles. The Morgan fingerprint density at radius 3 is 2.00 bits per heavy atom. The minimum absolute atomic E-state index is 0.348. The van der Waals surface area contributed by atoms with Gasteiger partial charge in [0.25, 0.3) is 0 Å². The van der Waals surface area contributed by atoms with E-state index in [0.717, 1.165) is 0 Å². The van der Waals surface area contributed by atoms with Gasteiger partial charge in [-0.25, -0.2) is 0 Å². The molecule has 0 aliphatic carbocycles. The summed E-state index contributed by atoms with van der Waals surface area (Å²) < 4.78 is 0. The van der Waals surface area contributed by atoms with Crippen LogP contribution in [0.1, 0.15) is 0 Å². The summed E-state index contributed by atoms with van der Waals surface area (Å²) in [5.74, 6) is 0.348. The Bertz CT molecular complexity index is 63.5. The molecule has 0 spiro atoms. The van der Waals surface area contributed by atoms with Crippen molar-refractivity contribution in [2.45, 2.75) is 0 Å². The largest absolute Gasteiger partial charge is 0.410 e. The molecule has 0 aromatic rings. The highest BCUT2D eigenvalue weighted by Crippen LogP contribution is 2.13. The first-order valence-electron chi connectivity index (χ1n) is 1.78. The van der Waals surface area contributed by atoms with Crippen molar-refractivity contribution in [2.24, 2.45) is 0 Å². The topological polar surface area (TPSA) is 12.0 Å². The van der Waals surface area contributed by atoms with Gasteiger partial charge in [-0.05, 0) is 0 Å². The molecule has 1 N–H and O–H groups in total. The van der Waals surface area contributed by atoms with Gasteiger partial charge in [0.15, 0.2) is 0 Å². The highest BCUT2D eigenvalue weighted by Gasteiger charge is 2.23. The van der Waals surface area contributed by atoms with Crippen molar-refractivity contribution in [1.29, 1.82) is 0 Å².